The fourth-order valence-electron chi connectivity index (χ4n) is 1.85. The van der Waals surface area contributed by atoms with Crippen molar-refractivity contribution in [2.24, 2.45) is 0 Å². The minimum absolute atomic E-state index is 0.323. The van der Waals surface area contributed by atoms with Crippen LogP contribution in [0.15, 0.2) is 15.8 Å². The quantitative estimate of drug-likeness (QED) is 0.583. The van der Waals surface area contributed by atoms with Gasteiger partial charge in [-0.05, 0) is 6.92 Å². The number of hydrogen-bond acceptors (Lipinski definition) is 5. The molecular formula is C10H13ClN2O5. The first-order chi connectivity index (χ1) is 8.45. The fourth-order valence-corrected chi connectivity index (χ4v) is 2.20. The highest BCUT2D eigenvalue weighted by atomic mass is 35.5. The van der Waals surface area contributed by atoms with E-state index < -0.39 is 41.7 Å². The Kier molecular flexibility index (Phi) is 3.58. The maximum atomic E-state index is 11.7. The molecule has 1 unspecified atom stereocenters. The number of aromatic nitrogens is 2. The summed E-state index contributed by atoms with van der Waals surface area (Å²) in [7, 11) is 0. The Labute approximate surface area is 107 Å². The number of H-pyrrole nitrogens is 1. The number of rotatable bonds is 2. The molecule has 1 fully saturated rings. The predicted molar refractivity (Wildman–Crippen MR) is 62.7 cm³/mol. The van der Waals surface area contributed by atoms with Gasteiger partial charge in [-0.25, -0.2) is 4.79 Å². The number of hydrogen-bond donors (Lipinski definition) is 3. The Morgan fingerprint density at radius 1 is 1.56 bits per heavy atom. The van der Waals surface area contributed by atoms with Crippen LogP contribution in [-0.2, 0) is 4.74 Å². The smallest absolute Gasteiger partial charge is 0.330 e. The minimum Gasteiger partial charge on any atom is -0.394 e. The summed E-state index contributed by atoms with van der Waals surface area (Å²) < 4.78 is 6.41. The highest BCUT2D eigenvalue weighted by Gasteiger charge is 2.43. The lowest BCUT2D eigenvalue weighted by molar-refractivity contribution is -0.0458. The molecule has 0 saturated carbocycles. The van der Waals surface area contributed by atoms with Gasteiger partial charge in [-0.3, -0.25) is 14.3 Å². The van der Waals surface area contributed by atoms with Crippen LogP contribution in [0.2, 0.25) is 0 Å². The van der Waals surface area contributed by atoms with Gasteiger partial charge in [-0.2, -0.15) is 0 Å². The Balaban J connectivity index is 2.42. The Bertz CT molecular complexity index is 554. The van der Waals surface area contributed by atoms with Crippen LogP contribution in [0.25, 0.3) is 0 Å². The third-order valence-corrected chi connectivity index (χ3v) is 3.37. The largest absolute Gasteiger partial charge is 0.394 e. The van der Waals surface area contributed by atoms with E-state index in [0.29, 0.717) is 5.56 Å². The van der Waals surface area contributed by atoms with E-state index in [0.717, 1.165) is 4.57 Å². The molecule has 4 atom stereocenters. The summed E-state index contributed by atoms with van der Waals surface area (Å²) in [6.45, 7) is 1.13. The lowest BCUT2D eigenvalue weighted by atomic mass is 10.2. The van der Waals surface area contributed by atoms with Gasteiger partial charge in [-0.15, -0.1) is 11.6 Å². The number of aliphatic hydroxyl groups excluding tert-OH is 2. The minimum atomic E-state index is -1.08. The highest BCUT2D eigenvalue weighted by molar-refractivity contribution is 6.21. The molecule has 0 aromatic carbocycles. The van der Waals surface area contributed by atoms with Crippen molar-refractivity contribution in [2.75, 3.05) is 6.61 Å². The van der Waals surface area contributed by atoms with Crippen molar-refractivity contribution in [3.8, 4) is 0 Å². The molecule has 3 N–H and O–H groups in total. The van der Waals surface area contributed by atoms with E-state index in [-0.39, 0.29) is 0 Å². The number of halogens is 1. The van der Waals surface area contributed by atoms with E-state index in [1.807, 2.05) is 0 Å². The van der Waals surface area contributed by atoms with E-state index in [9.17, 15) is 14.7 Å². The Hall–Kier alpha value is -1.15. The van der Waals surface area contributed by atoms with Gasteiger partial charge in [0, 0.05) is 11.8 Å². The van der Waals surface area contributed by atoms with Crippen molar-refractivity contribution >= 4 is 11.6 Å². The summed E-state index contributed by atoms with van der Waals surface area (Å²) in [6, 6.07) is 0. The summed E-state index contributed by atoms with van der Waals surface area (Å²) >= 11 is 5.96. The molecule has 1 aromatic heterocycles. The van der Waals surface area contributed by atoms with Gasteiger partial charge < -0.3 is 14.9 Å². The van der Waals surface area contributed by atoms with Crippen LogP contribution in [0.5, 0.6) is 0 Å². The van der Waals surface area contributed by atoms with E-state index in [1.165, 1.54) is 13.1 Å². The Morgan fingerprint density at radius 3 is 2.78 bits per heavy atom. The molecule has 0 bridgehead atoms. The van der Waals surface area contributed by atoms with Crippen LogP contribution in [-0.4, -0.2) is 44.0 Å². The topological polar surface area (TPSA) is 105 Å². The van der Waals surface area contributed by atoms with Gasteiger partial charge in [0.15, 0.2) is 6.23 Å². The summed E-state index contributed by atoms with van der Waals surface area (Å²) in [5.41, 5.74) is -0.837. The van der Waals surface area contributed by atoms with Gasteiger partial charge in [0.05, 0.1) is 6.61 Å². The molecule has 2 heterocycles. The molecule has 8 heteroatoms. The first-order valence-corrected chi connectivity index (χ1v) is 5.80. The molecule has 7 nitrogen and oxygen atoms in total. The van der Waals surface area contributed by atoms with Crippen molar-refractivity contribution in [2.45, 2.75) is 30.7 Å². The van der Waals surface area contributed by atoms with E-state index in [2.05, 4.69) is 4.98 Å². The maximum absolute atomic E-state index is 11.7. The number of aryl methyl sites for hydroxylation is 1. The number of alkyl halides is 1. The number of nitrogens with zero attached hydrogens (tertiary/aromatic N) is 1. The normalized spacial score (nSPS) is 31.8. The Morgan fingerprint density at radius 2 is 2.22 bits per heavy atom. The van der Waals surface area contributed by atoms with E-state index >= 15 is 0 Å². The molecule has 0 radical (unpaired) electrons. The third kappa shape index (κ3) is 2.10. The molecule has 2 rings (SSSR count). The second kappa shape index (κ2) is 4.85. The molecule has 0 spiro atoms. The summed E-state index contributed by atoms with van der Waals surface area (Å²) in [4.78, 5) is 25.0. The van der Waals surface area contributed by atoms with Crippen molar-refractivity contribution in [1.82, 2.24) is 9.55 Å². The molecule has 18 heavy (non-hydrogen) atoms. The van der Waals surface area contributed by atoms with Gasteiger partial charge >= 0.3 is 5.69 Å². The summed E-state index contributed by atoms with van der Waals surface area (Å²) in [6.07, 6.45) is -1.55. The van der Waals surface area contributed by atoms with Crippen LogP contribution in [0.3, 0.4) is 0 Å². The lowest BCUT2D eigenvalue weighted by Crippen LogP contribution is -2.36. The average Bonchev–Trinajstić information content (AvgIpc) is 2.61. The van der Waals surface area contributed by atoms with Gasteiger partial charge in [0.1, 0.15) is 17.6 Å². The molecule has 0 amide bonds. The van der Waals surface area contributed by atoms with Crippen LogP contribution in [0.4, 0.5) is 0 Å². The monoisotopic (exact) mass is 276 g/mol. The lowest BCUT2D eigenvalue weighted by Gasteiger charge is -2.16. The zero-order valence-corrected chi connectivity index (χ0v) is 10.3. The van der Waals surface area contributed by atoms with Crippen LogP contribution in [0.1, 0.15) is 11.8 Å². The molecule has 1 saturated heterocycles. The molecule has 1 aliphatic heterocycles. The number of nitrogens with one attached hydrogen (secondary N) is 1. The van der Waals surface area contributed by atoms with Crippen LogP contribution >= 0.6 is 11.6 Å². The van der Waals surface area contributed by atoms with Crippen LogP contribution < -0.4 is 11.2 Å². The second-order valence-electron chi connectivity index (χ2n) is 4.16. The SMILES string of the molecule is Cc1cn([C@H]2O[C@@H](CO)C(O)[C@@H]2Cl)c(=O)[nH]c1=O. The standard InChI is InChI=1S/C10H13ClN2O5/c1-4-2-13(10(17)12-8(4)16)9-6(11)7(15)5(3-14)18-9/h2,5-7,9,14-15H,3H2,1H3,(H,12,16,17)/t5-,6-,7?,9-/m0/s1. The van der Waals surface area contributed by atoms with Crippen molar-refractivity contribution in [1.29, 1.82) is 0 Å². The molecule has 1 aliphatic rings. The first kappa shape index (κ1) is 13.3. The zero-order chi connectivity index (χ0) is 13.4. The third-order valence-electron chi connectivity index (χ3n) is 2.89. The second-order valence-corrected chi connectivity index (χ2v) is 4.67. The van der Waals surface area contributed by atoms with E-state index in [4.69, 9.17) is 21.4 Å². The summed E-state index contributed by atoms with van der Waals surface area (Å²) in [5, 5.41) is 17.8. The molecular weight excluding hydrogens is 264 g/mol. The highest BCUT2D eigenvalue weighted by Crippen LogP contribution is 2.32. The van der Waals surface area contributed by atoms with Crippen molar-refractivity contribution in [3.05, 3.63) is 32.6 Å². The number of aliphatic hydroxyl groups is 2. The van der Waals surface area contributed by atoms with E-state index in [1.54, 1.807) is 0 Å². The van der Waals surface area contributed by atoms with Crippen molar-refractivity contribution in [3.63, 3.8) is 0 Å². The van der Waals surface area contributed by atoms with Gasteiger partial charge in [0.2, 0.25) is 0 Å². The first-order valence-electron chi connectivity index (χ1n) is 5.36. The number of aromatic amines is 1. The predicted octanol–water partition coefficient (Wildman–Crippen LogP) is -1.30. The average molecular weight is 277 g/mol. The molecule has 0 aliphatic carbocycles. The maximum Gasteiger partial charge on any atom is 0.330 e. The number of ether oxygens (including phenoxy) is 1. The molecule has 1 aromatic rings. The van der Waals surface area contributed by atoms with Crippen LogP contribution in [0, 0.1) is 6.92 Å². The zero-order valence-electron chi connectivity index (χ0n) is 9.54. The molecule has 100 valence electrons. The fraction of sp³-hybridized carbons (Fsp3) is 0.600. The summed E-state index contributed by atoms with van der Waals surface area (Å²) in [5.74, 6) is 0. The van der Waals surface area contributed by atoms with Gasteiger partial charge in [0.25, 0.3) is 5.56 Å². The van der Waals surface area contributed by atoms with Crippen molar-refractivity contribution < 1.29 is 14.9 Å². The van der Waals surface area contributed by atoms with Gasteiger partial charge in [-0.1, -0.05) is 0 Å².